The van der Waals surface area contributed by atoms with Gasteiger partial charge < -0.3 is 10.6 Å². The summed E-state index contributed by atoms with van der Waals surface area (Å²) in [6.07, 6.45) is 9.60. The summed E-state index contributed by atoms with van der Waals surface area (Å²) in [4.78, 5) is 47.3. The lowest BCUT2D eigenvalue weighted by atomic mass is 9.72. The molecule has 3 rings (SSSR count). The third kappa shape index (κ3) is 6.04. The van der Waals surface area contributed by atoms with E-state index < -0.39 is 0 Å². The van der Waals surface area contributed by atoms with E-state index in [1.165, 1.54) is 37.9 Å². The Morgan fingerprint density at radius 1 is 1.11 bits per heavy atom. The maximum atomic E-state index is 13.3. The smallest absolute Gasteiger partial charge is 0.247 e. The minimum Gasteiger partial charge on any atom is -0.347 e. The van der Waals surface area contributed by atoms with E-state index in [0.29, 0.717) is 43.7 Å². The van der Waals surface area contributed by atoms with Gasteiger partial charge in [0.05, 0.1) is 16.0 Å². The molecule has 2 aromatic heterocycles. The van der Waals surface area contributed by atoms with E-state index in [9.17, 15) is 14.4 Å². The van der Waals surface area contributed by atoms with E-state index >= 15 is 0 Å². The summed E-state index contributed by atoms with van der Waals surface area (Å²) in [6, 6.07) is 1.74. The van der Waals surface area contributed by atoms with Crippen molar-refractivity contribution in [3.63, 3.8) is 0 Å². The van der Waals surface area contributed by atoms with E-state index in [1.807, 2.05) is 6.92 Å². The van der Waals surface area contributed by atoms with E-state index in [1.54, 1.807) is 19.1 Å². The van der Waals surface area contributed by atoms with Crippen LogP contribution >= 0.6 is 11.3 Å². The van der Waals surface area contributed by atoms with Crippen molar-refractivity contribution in [2.45, 2.75) is 85.6 Å². The van der Waals surface area contributed by atoms with Crippen molar-refractivity contribution in [3.05, 3.63) is 40.2 Å². The Balaban J connectivity index is 1.89. The highest BCUT2D eigenvalue weighted by molar-refractivity contribution is 7.20. The highest BCUT2D eigenvalue weighted by Crippen LogP contribution is 2.36. The lowest BCUT2D eigenvalue weighted by Crippen LogP contribution is -2.54. The lowest BCUT2D eigenvalue weighted by Gasteiger charge is -2.43. The van der Waals surface area contributed by atoms with Gasteiger partial charge in [0.25, 0.3) is 0 Å². The molecule has 8 heteroatoms. The predicted molar refractivity (Wildman–Crippen MR) is 142 cm³/mol. The molecular weight excluding hydrogens is 460 g/mol. The molecule has 1 unspecified atom stereocenters. The average molecular weight is 497 g/mol. The fraction of sp³-hybridized carbons (Fsp3) is 0.519. The number of rotatable bonds is 9. The van der Waals surface area contributed by atoms with Gasteiger partial charge in [-0.25, -0.2) is 9.97 Å². The fourth-order valence-electron chi connectivity index (χ4n) is 4.62. The summed E-state index contributed by atoms with van der Waals surface area (Å²) >= 11 is 1.29. The maximum absolute atomic E-state index is 13.3. The largest absolute Gasteiger partial charge is 0.347 e. The number of anilines is 1. The van der Waals surface area contributed by atoms with E-state index in [2.05, 4.69) is 34.4 Å². The molecule has 0 saturated heterocycles. The van der Waals surface area contributed by atoms with Gasteiger partial charge in [-0.15, -0.1) is 11.3 Å². The van der Waals surface area contributed by atoms with Crippen LogP contribution in [0.1, 0.15) is 89.7 Å². The number of ketones is 2. The van der Waals surface area contributed by atoms with Gasteiger partial charge in [0.2, 0.25) is 5.91 Å². The molecule has 1 fully saturated rings. The van der Waals surface area contributed by atoms with Crippen LogP contribution in [0.4, 0.5) is 5.82 Å². The molecule has 0 spiro atoms. The molecule has 0 radical (unpaired) electrons. The Morgan fingerprint density at radius 3 is 2.40 bits per heavy atom. The van der Waals surface area contributed by atoms with Crippen molar-refractivity contribution in [3.8, 4) is 0 Å². The molecule has 188 valence electrons. The molecule has 1 amide bonds. The number of allylic oxidation sites excluding steroid dienone is 3. The van der Waals surface area contributed by atoms with Crippen molar-refractivity contribution in [1.82, 2.24) is 15.3 Å². The summed E-state index contributed by atoms with van der Waals surface area (Å²) in [5.41, 5.74) is 1.44. The zero-order valence-electron chi connectivity index (χ0n) is 21.6. The Hall–Kier alpha value is -2.87. The van der Waals surface area contributed by atoms with E-state index in [0.717, 1.165) is 32.1 Å². The van der Waals surface area contributed by atoms with E-state index in [4.69, 9.17) is 0 Å². The molecule has 0 bridgehead atoms. The normalized spacial score (nSPS) is 17.5. The second-order valence-corrected chi connectivity index (χ2v) is 10.7. The summed E-state index contributed by atoms with van der Waals surface area (Å²) < 4.78 is 0. The number of hydrogen-bond acceptors (Lipinski definition) is 7. The van der Waals surface area contributed by atoms with Crippen molar-refractivity contribution in [2.24, 2.45) is 5.92 Å². The Labute approximate surface area is 211 Å². The molecule has 35 heavy (non-hydrogen) atoms. The molecule has 0 aliphatic heterocycles. The maximum Gasteiger partial charge on any atom is 0.247 e. The number of nitrogens with zero attached hydrogens (tertiary/aromatic N) is 2. The number of fused-ring (bicyclic) bond motifs is 1. The van der Waals surface area contributed by atoms with Crippen molar-refractivity contribution >= 4 is 44.8 Å². The summed E-state index contributed by atoms with van der Waals surface area (Å²) in [5.74, 6) is 0.533. The van der Waals surface area contributed by atoms with Gasteiger partial charge in [0.15, 0.2) is 11.6 Å². The highest BCUT2D eigenvalue weighted by atomic mass is 32.1. The first-order valence-corrected chi connectivity index (χ1v) is 13.1. The summed E-state index contributed by atoms with van der Waals surface area (Å²) in [7, 11) is 0. The zero-order valence-corrected chi connectivity index (χ0v) is 22.4. The monoisotopic (exact) mass is 496 g/mol. The summed E-state index contributed by atoms with van der Waals surface area (Å²) in [5, 5.41) is 7.15. The van der Waals surface area contributed by atoms with Gasteiger partial charge in [0.1, 0.15) is 17.0 Å². The number of aromatic nitrogens is 2. The van der Waals surface area contributed by atoms with Gasteiger partial charge in [-0.3, -0.25) is 14.4 Å². The van der Waals surface area contributed by atoms with E-state index in [-0.39, 0.29) is 23.0 Å². The van der Waals surface area contributed by atoms with Crippen molar-refractivity contribution in [2.75, 3.05) is 5.32 Å². The SMILES string of the molecule is CCC(C)C1(NC(=O)/C(C)=C(C)/C=C(/Nc2ncnc3sc(C(C)=O)cc23)C(C)=O)CCCCC1. The number of hydrogen-bond donors (Lipinski definition) is 2. The minimum absolute atomic E-state index is 0.0465. The number of carbonyl (C=O) groups excluding carboxylic acids is 3. The number of thiophene rings is 1. The number of Topliss-reactive ketones (excluding diaryl/α,β-unsaturated/α-hetero) is 2. The number of carbonyl (C=O) groups is 3. The Morgan fingerprint density at radius 2 is 1.80 bits per heavy atom. The Bertz CT molecular complexity index is 1190. The van der Waals surface area contributed by atoms with Gasteiger partial charge in [0, 0.05) is 18.0 Å². The molecule has 1 aliphatic carbocycles. The first-order chi connectivity index (χ1) is 16.6. The molecule has 2 aromatic rings. The van der Waals surface area contributed by atoms with Crippen LogP contribution < -0.4 is 10.6 Å². The van der Waals surface area contributed by atoms with Crippen LogP contribution in [0.5, 0.6) is 0 Å². The van der Waals surface area contributed by atoms with Gasteiger partial charge >= 0.3 is 0 Å². The van der Waals surface area contributed by atoms with Crippen LogP contribution in [0.15, 0.2) is 35.3 Å². The number of amides is 1. The highest BCUT2D eigenvalue weighted by Gasteiger charge is 2.38. The van der Waals surface area contributed by atoms with Gasteiger partial charge in [-0.1, -0.05) is 39.5 Å². The zero-order chi connectivity index (χ0) is 25.8. The van der Waals surface area contributed by atoms with Crippen LogP contribution in [-0.4, -0.2) is 33.0 Å². The lowest BCUT2D eigenvalue weighted by molar-refractivity contribution is -0.120. The first-order valence-electron chi connectivity index (χ1n) is 12.3. The van der Waals surface area contributed by atoms with Crippen molar-refractivity contribution < 1.29 is 14.4 Å². The molecule has 7 nitrogen and oxygen atoms in total. The van der Waals surface area contributed by atoms with Crippen LogP contribution in [0, 0.1) is 5.92 Å². The van der Waals surface area contributed by atoms with Crippen LogP contribution in [0.2, 0.25) is 0 Å². The minimum atomic E-state index is -0.185. The van der Waals surface area contributed by atoms with Gasteiger partial charge in [-0.2, -0.15) is 0 Å². The molecule has 1 atom stereocenters. The van der Waals surface area contributed by atoms with Gasteiger partial charge in [-0.05, 0) is 57.2 Å². The average Bonchev–Trinajstić information content (AvgIpc) is 3.28. The van der Waals surface area contributed by atoms with Crippen molar-refractivity contribution in [1.29, 1.82) is 0 Å². The molecule has 0 aromatic carbocycles. The quantitative estimate of drug-likeness (QED) is 0.252. The molecule has 1 saturated carbocycles. The first kappa shape index (κ1) is 26.7. The standard InChI is InChI=1S/C27H36N4O3S/c1-7-17(3)27(11-9-8-10-12-27)31-25(34)18(4)16(2)13-22(19(5)32)30-24-21-14-23(20(6)33)35-26(21)29-15-28-24/h13-15,17H,7-12H2,1-6H3,(H,31,34)(H,28,29,30)/b18-16+,22-13+. The second kappa shape index (κ2) is 11.2. The summed E-state index contributed by atoms with van der Waals surface area (Å²) in [6.45, 7) is 11.0. The van der Waals surface area contributed by atoms with Crippen LogP contribution in [0.3, 0.4) is 0 Å². The Kier molecular flexibility index (Phi) is 8.59. The molecule has 2 N–H and O–H groups in total. The van der Waals surface area contributed by atoms with Crippen LogP contribution in [-0.2, 0) is 9.59 Å². The molecule has 1 aliphatic rings. The molecule has 2 heterocycles. The van der Waals surface area contributed by atoms with Crippen LogP contribution in [0.25, 0.3) is 10.2 Å². The third-order valence-corrected chi connectivity index (χ3v) is 8.41. The number of nitrogens with one attached hydrogen (secondary N) is 2. The topological polar surface area (TPSA) is 101 Å². The predicted octanol–water partition coefficient (Wildman–Crippen LogP) is 5.98. The molecular formula is C27H36N4O3S. The fourth-order valence-corrected chi connectivity index (χ4v) is 5.51. The third-order valence-electron chi connectivity index (χ3n) is 7.27. The second-order valence-electron chi connectivity index (χ2n) is 9.64.